The van der Waals surface area contributed by atoms with Crippen molar-refractivity contribution in [3.05, 3.63) is 47.4 Å². The number of hydrogen-bond acceptors (Lipinski definition) is 5. The maximum Gasteiger partial charge on any atom is 0.356 e. The van der Waals surface area contributed by atoms with Crippen LogP contribution in [0.4, 0.5) is 5.82 Å². The van der Waals surface area contributed by atoms with Crippen LogP contribution in [0.1, 0.15) is 34.6 Å². The molecule has 0 fully saturated rings. The highest BCUT2D eigenvalue weighted by atomic mass is 16.5. The van der Waals surface area contributed by atoms with E-state index in [1.165, 1.54) is 12.4 Å². The number of methoxy groups -OCH3 is 1. The molecular weight excluding hydrogens is 270 g/mol. The molecule has 0 saturated carbocycles. The average Bonchev–Trinajstić information content (AvgIpc) is 2.47. The fraction of sp³-hybridized carbons (Fsp3) is 0.267. The van der Waals surface area contributed by atoms with Crippen LogP contribution in [-0.4, -0.2) is 28.2 Å². The summed E-state index contributed by atoms with van der Waals surface area (Å²) in [5.41, 5.74) is 2.05. The lowest BCUT2D eigenvalue weighted by atomic mass is 10.0. The van der Waals surface area contributed by atoms with Crippen LogP contribution >= 0.6 is 0 Å². The first-order valence-electron chi connectivity index (χ1n) is 6.47. The van der Waals surface area contributed by atoms with Gasteiger partial charge in [-0.2, -0.15) is 0 Å². The number of nitrogens with one attached hydrogen (secondary N) is 1. The van der Waals surface area contributed by atoms with E-state index in [4.69, 9.17) is 9.84 Å². The zero-order valence-corrected chi connectivity index (χ0v) is 12.1. The van der Waals surface area contributed by atoms with E-state index in [-0.39, 0.29) is 11.7 Å². The van der Waals surface area contributed by atoms with Crippen molar-refractivity contribution in [1.29, 1.82) is 0 Å². The van der Waals surface area contributed by atoms with E-state index < -0.39 is 5.97 Å². The first-order chi connectivity index (χ1) is 10.0. The Hall–Kier alpha value is -2.63. The molecule has 2 rings (SSSR count). The number of aromatic nitrogens is 2. The third kappa shape index (κ3) is 3.47. The van der Waals surface area contributed by atoms with Gasteiger partial charge >= 0.3 is 5.97 Å². The zero-order chi connectivity index (χ0) is 15.4. The minimum atomic E-state index is -1.09. The van der Waals surface area contributed by atoms with Crippen molar-refractivity contribution in [3.8, 4) is 5.75 Å². The molecule has 0 saturated heterocycles. The highest BCUT2D eigenvalue weighted by Crippen LogP contribution is 2.28. The number of aryl methyl sites for hydroxylation is 1. The van der Waals surface area contributed by atoms with Crippen LogP contribution in [0.25, 0.3) is 0 Å². The van der Waals surface area contributed by atoms with E-state index in [0.717, 1.165) is 16.9 Å². The van der Waals surface area contributed by atoms with Crippen LogP contribution in [0.15, 0.2) is 30.6 Å². The fourth-order valence-electron chi connectivity index (χ4n) is 2.00. The summed E-state index contributed by atoms with van der Waals surface area (Å²) in [4.78, 5) is 18.6. The molecule has 2 N–H and O–H groups in total. The van der Waals surface area contributed by atoms with Crippen molar-refractivity contribution in [2.45, 2.75) is 19.9 Å². The Morgan fingerprint density at radius 3 is 2.67 bits per heavy atom. The molecule has 1 aromatic heterocycles. The lowest BCUT2D eigenvalue weighted by molar-refractivity contribution is 0.0690. The predicted molar refractivity (Wildman–Crippen MR) is 78.8 cm³/mol. The number of carboxylic acid groups (broad SMARTS) is 1. The number of carbonyl (C=O) groups is 1. The summed E-state index contributed by atoms with van der Waals surface area (Å²) in [5, 5.41) is 12.0. The Bertz CT molecular complexity index is 641. The summed E-state index contributed by atoms with van der Waals surface area (Å²) in [5.74, 6) is 0.203. The zero-order valence-electron chi connectivity index (χ0n) is 12.1. The Morgan fingerprint density at radius 2 is 2.10 bits per heavy atom. The summed E-state index contributed by atoms with van der Waals surface area (Å²) >= 11 is 0. The third-order valence-corrected chi connectivity index (χ3v) is 3.09. The van der Waals surface area contributed by atoms with E-state index in [1.807, 2.05) is 32.0 Å². The number of hydrogen-bond donors (Lipinski definition) is 2. The smallest absolute Gasteiger partial charge is 0.356 e. The van der Waals surface area contributed by atoms with Gasteiger partial charge in [0.1, 0.15) is 11.6 Å². The van der Waals surface area contributed by atoms with Gasteiger partial charge in [-0.15, -0.1) is 0 Å². The SMILES string of the molecule is COc1ccc(C)cc1[C@H](C)Nc1cnc(C(=O)O)cn1. The Kier molecular flexibility index (Phi) is 4.37. The quantitative estimate of drug-likeness (QED) is 0.879. The number of rotatable bonds is 5. The van der Waals surface area contributed by atoms with E-state index >= 15 is 0 Å². The Morgan fingerprint density at radius 1 is 1.33 bits per heavy atom. The summed E-state index contributed by atoms with van der Waals surface area (Å²) in [7, 11) is 1.63. The molecule has 1 atom stereocenters. The molecule has 0 bridgehead atoms. The fourth-order valence-corrected chi connectivity index (χ4v) is 2.00. The molecule has 6 nitrogen and oxygen atoms in total. The van der Waals surface area contributed by atoms with E-state index in [0.29, 0.717) is 5.82 Å². The number of nitrogens with zero attached hydrogens (tertiary/aromatic N) is 2. The van der Waals surface area contributed by atoms with Gasteiger partial charge in [0.2, 0.25) is 0 Å². The van der Waals surface area contributed by atoms with Crippen LogP contribution in [0.3, 0.4) is 0 Å². The second kappa shape index (κ2) is 6.21. The third-order valence-electron chi connectivity index (χ3n) is 3.09. The highest BCUT2D eigenvalue weighted by molar-refractivity contribution is 5.84. The maximum atomic E-state index is 10.7. The lowest BCUT2D eigenvalue weighted by Crippen LogP contribution is -2.11. The van der Waals surface area contributed by atoms with Gasteiger partial charge in [0, 0.05) is 5.56 Å². The van der Waals surface area contributed by atoms with Crippen LogP contribution in [-0.2, 0) is 0 Å². The van der Waals surface area contributed by atoms with Crippen molar-refractivity contribution >= 4 is 11.8 Å². The second-order valence-corrected chi connectivity index (χ2v) is 4.70. The number of benzene rings is 1. The number of anilines is 1. The van der Waals surface area contributed by atoms with Gasteiger partial charge < -0.3 is 15.2 Å². The van der Waals surface area contributed by atoms with Crippen molar-refractivity contribution in [1.82, 2.24) is 9.97 Å². The molecule has 0 aliphatic heterocycles. The molecule has 6 heteroatoms. The van der Waals surface area contributed by atoms with Crippen molar-refractivity contribution in [2.24, 2.45) is 0 Å². The minimum Gasteiger partial charge on any atom is -0.496 e. The van der Waals surface area contributed by atoms with Crippen LogP contribution < -0.4 is 10.1 Å². The molecule has 21 heavy (non-hydrogen) atoms. The molecule has 0 unspecified atom stereocenters. The molecule has 0 amide bonds. The van der Waals surface area contributed by atoms with Crippen molar-refractivity contribution < 1.29 is 14.6 Å². The molecule has 110 valence electrons. The van der Waals surface area contributed by atoms with Gasteiger partial charge in [0.15, 0.2) is 5.69 Å². The number of aromatic carboxylic acids is 1. The highest BCUT2D eigenvalue weighted by Gasteiger charge is 2.13. The molecule has 0 radical (unpaired) electrons. The Labute approximate surface area is 122 Å². The molecule has 2 aromatic rings. The number of carboxylic acids is 1. The maximum absolute atomic E-state index is 10.7. The molecule has 0 aliphatic rings. The van der Waals surface area contributed by atoms with Crippen LogP contribution in [0.5, 0.6) is 5.75 Å². The first-order valence-corrected chi connectivity index (χ1v) is 6.47. The first kappa shape index (κ1) is 14.8. The monoisotopic (exact) mass is 287 g/mol. The summed E-state index contributed by atoms with van der Waals surface area (Å²) < 4.78 is 5.36. The normalized spacial score (nSPS) is 11.8. The summed E-state index contributed by atoms with van der Waals surface area (Å²) in [6.45, 7) is 3.99. The van der Waals surface area contributed by atoms with Gasteiger partial charge in [-0.25, -0.2) is 14.8 Å². The standard InChI is InChI=1S/C15H17N3O3/c1-9-4-5-13(21-3)11(6-9)10(2)18-14-8-16-12(7-17-14)15(19)20/h4-8,10H,1-3H3,(H,17,18)(H,19,20)/t10-/m0/s1. The lowest BCUT2D eigenvalue weighted by Gasteiger charge is -2.18. The van der Waals surface area contributed by atoms with E-state index in [2.05, 4.69) is 15.3 Å². The van der Waals surface area contributed by atoms with Gasteiger partial charge in [-0.3, -0.25) is 0 Å². The van der Waals surface area contributed by atoms with Crippen molar-refractivity contribution in [2.75, 3.05) is 12.4 Å². The van der Waals surface area contributed by atoms with Gasteiger partial charge in [0.25, 0.3) is 0 Å². The molecule has 1 aromatic carbocycles. The topological polar surface area (TPSA) is 84.3 Å². The molecule has 0 aliphatic carbocycles. The molecular formula is C15H17N3O3. The minimum absolute atomic E-state index is 0.0511. The molecule has 0 spiro atoms. The van der Waals surface area contributed by atoms with Crippen LogP contribution in [0, 0.1) is 6.92 Å². The van der Waals surface area contributed by atoms with E-state index in [9.17, 15) is 4.79 Å². The van der Waals surface area contributed by atoms with Crippen LogP contribution in [0.2, 0.25) is 0 Å². The van der Waals surface area contributed by atoms with Gasteiger partial charge in [-0.1, -0.05) is 17.7 Å². The van der Waals surface area contributed by atoms with Gasteiger partial charge in [0.05, 0.1) is 25.5 Å². The number of ether oxygens (including phenoxy) is 1. The van der Waals surface area contributed by atoms with Crippen molar-refractivity contribution in [3.63, 3.8) is 0 Å². The van der Waals surface area contributed by atoms with Gasteiger partial charge in [-0.05, 0) is 19.9 Å². The summed E-state index contributed by atoms with van der Waals surface area (Å²) in [6, 6.07) is 5.89. The van der Waals surface area contributed by atoms with E-state index in [1.54, 1.807) is 7.11 Å². The summed E-state index contributed by atoms with van der Waals surface area (Å²) in [6.07, 6.45) is 2.63. The molecule has 1 heterocycles. The predicted octanol–water partition coefficient (Wildman–Crippen LogP) is 2.66. The second-order valence-electron chi connectivity index (χ2n) is 4.70. The largest absolute Gasteiger partial charge is 0.496 e. The average molecular weight is 287 g/mol. The Balaban J connectivity index is 2.19.